The molecule has 0 radical (unpaired) electrons. The molecule has 24 heavy (non-hydrogen) atoms. The maximum absolute atomic E-state index is 2.59. The summed E-state index contributed by atoms with van der Waals surface area (Å²) < 4.78 is 2.59. The van der Waals surface area contributed by atoms with Gasteiger partial charge < -0.3 is 9.47 Å². The molecule has 2 heteroatoms. The van der Waals surface area contributed by atoms with E-state index >= 15 is 0 Å². The molecule has 2 heterocycles. The van der Waals surface area contributed by atoms with E-state index in [2.05, 4.69) is 72.0 Å². The fourth-order valence-corrected chi connectivity index (χ4v) is 4.06. The first-order chi connectivity index (χ1) is 11.7. The van der Waals surface area contributed by atoms with Crippen LogP contribution in [0.4, 0.5) is 0 Å². The fraction of sp³-hybridized carbons (Fsp3) is 0.364. The van der Waals surface area contributed by atoms with Gasteiger partial charge >= 0.3 is 0 Å². The molecule has 2 nitrogen and oxygen atoms in total. The van der Waals surface area contributed by atoms with E-state index in [0.717, 1.165) is 19.5 Å². The molecule has 1 aliphatic rings. The quantitative estimate of drug-likeness (QED) is 0.687. The van der Waals surface area contributed by atoms with E-state index < -0.39 is 0 Å². The number of benzene rings is 2. The molecule has 0 N–H and O–H groups in total. The number of aromatic nitrogens is 1. The lowest BCUT2D eigenvalue weighted by molar-refractivity contribution is 0.333. The van der Waals surface area contributed by atoms with E-state index in [1.54, 1.807) is 11.3 Å². The van der Waals surface area contributed by atoms with Gasteiger partial charge in [-0.15, -0.1) is 0 Å². The molecule has 4 rings (SSSR count). The average Bonchev–Trinajstić information content (AvgIpc) is 2.73. The van der Waals surface area contributed by atoms with Gasteiger partial charge in [-0.25, -0.2) is 0 Å². The smallest absolute Gasteiger partial charge is 0.0486 e. The number of fused-ring (bicyclic) bond motifs is 3. The standard InChI is InChI=1S/C22H26N2/c1-17-10-11-22-19(15-17)20-16-23(2)13-6-9-21(20)24(22)14-12-18-7-4-3-5-8-18/h3-5,7-8,10-11,15H,6,9,12-14,16H2,1-2H3. The number of hydrogen-bond donors (Lipinski definition) is 0. The summed E-state index contributed by atoms with van der Waals surface area (Å²) in [6, 6.07) is 17.8. The van der Waals surface area contributed by atoms with Gasteiger partial charge in [0.2, 0.25) is 0 Å². The Morgan fingerprint density at radius 3 is 2.71 bits per heavy atom. The third kappa shape index (κ3) is 2.87. The summed E-state index contributed by atoms with van der Waals surface area (Å²) in [5.41, 5.74) is 7.32. The average molecular weight is 318 g/mol. The summed E-state index contributed by atoms with van der Waals surface area (Å²) in [5.74, 6) is 0. The van der Waals surface area contributed by atoms with Crippen molar-refractivity contribution in [3.8, 4) is 0 Å². The van der Waals surface area contributed by atoms with Gasteiger partial charge in [-0.3, -0.25) is 0 Å². The van der Waals surface area contributed by atoms with Crippen LogP contribution < -0.4 is 0 Å². The minimum absolute atomic E-state index is 1.07. The second kappa shape index (κ2) is 6.45. The monoisotopic (exact) mass is 318 g/mol. The molecule has 0 spiro atoms. The van der Waals surface area contributed by atoms with E-state index in [1.807, 2.05) is 0 Å². The van der Waals surface area contributed by atoms with Crippen LogP contribution in [0.5, 0.6) is 0 Å². The second-order valence-corrected chi connectivity index (χ2v) is 7.17. The van der Waals surface area contributed by atoms with E-state index in [1.165, 1.54) is 41.4 Å². The minimum Gasteiger partial charge on any atom is -0.344 e. The van der Waals surface area contributed by atoms with Crippen LogP contribution in [-0.4, -0.2) is 23.1 Å². The number of aryl methyl sites for hydroxylation is 3. The first-order valence-electron chi connectivity index (χ1n) is 9.05. The van der Waals surface area contributed by atoms with Crippen molar-refractivity contribution in [2.45, 2.75) is 39.3 Å². The van der Waals surface area contributed by atoms with Crippen LogP contribution in [0.15, 0.2) is 48.5 Å². The lowest BCUT2D eigenvalue weighted by atomic mass is 10.1. The molecule has 0 bridgehead atoms. The van der Waals surface area contributed by atoms with Crippen LogP contribution in [0.3, 0.4) is 0 Å². The van der Waals surface area contributed by atoms with Crippen LogP contribution in [0.2, 0.25) is 0 Å². The van der Waals surface area contributed by atoms with Crippen molar-refractivity contribution < 1.29 is 0 Å². The normalized spacial score (nSPS) is 15.4. The molecule has 0 amide bonds. The molecule has 0 fully saturated rings. The number of nitrogens with zero attached hydrogens (tertiary/aromatic N) is 2. The first-order valence-corrected chi connectivity index (χ1v) is 9.05. The maximum atomic E-state index is 2.59. The fourth-order valence-electron chi connectivity index (χ4n) is 4.06. The molecule has 0 saturated carbocycles. The molecular formula is C22H26N2. The van der Waals surface area contributed by atoms with Crippen molar-refractivity contribution >= 4 is 10.9 Å². The van der Waals surface area contributed by atoms with Crippen LogP contribution in [0, 0.1) is 6.92 Å². The van der Waals surface area contributed by atoms with Gasteiger partial charge in [0.15, 0.2) is 0 Å². The van der Waals surface area contributed by atoms with Crippen LogP contribution in [-0.2, 0) is 25.9 Å². The van der Waals surface area contributed by atoms with E-state index in [9.17, 15) is 0 Å². The third-order valence-electron chi connectivity index (χ3n) is 5.29. The van der Waals surface area contributed by atoms with Crippen molar-refractivity contribution in [2.75, 3.05) is 13.6 Å². The summed E-state index contributed by atoms with van der Waals surface area (Å²) in [6.07, 6.45) is 3.55. The molecule has 1 aliphatic heterocycles. The minimum atomic E-state index is 1.07. The van der Waals surface area contributed by atoms with Crippen molar-refractivity contribution in [1.29, 1.82) is 0 Å². The topological polar surface area (TPSA) is 8.17 Å². The number of rotatable bonds is 3. The molecule has 0 saturated heterocycles. The maximum Gasteiger partial charge on any atom is 0.0486 e. The van der Waals surface area contributed by atoms with Crippen molar-refractivity contribution in [3.63, 3.8) is 0 Å². The molecule has 0 aliphatic carbocycles. The summed E-state index contributed by atoms with van der Waals surface area (Å²) in [5, 5.41) is 1.46. The van der Waals surface area contributed by atoms with Gasteiger partial charge in [-0.1, -0.05) is 42.0 Å². The van der Waals surface area contributed by atoms with Gasteiger partial charge in [0, 0.05) is 29.7 Å². The zero-order valence-electron chi connectivity index (χ0n) is 14.8. The molecule has 2 aromatic carbocycles. The summed E-state index contributed by atoms with van der Waals surface area (Å²) in [6.45, 7) is 5.55. The van der Waals surface area contributed by atoms with E-state index in [-0.39, 0.29) is 0 Å². The largest absolute Gasteiger partial charge is 0.344 e. The molecular weight excluding hydrogens is 292 g/mol. The third-order valence-corrected chi connectivity index (χ3v) is 5.29. The highest BCUT2D eigenvalue weighted by Gasteiger charge is 2.20. The Morgan fingerprint density at radius 2 is 1.88 bits per heavy atom. The van der Waals surface area contributed by atoms with Crippen molar-refractivity contribution in [2.24, 2.45) is 0 Å². The second-order valence-electron chi connectivity index (χ2n) is 7.17. The molecule has 0 atom stereocenters. The van der Waals surface area contributed by atoms with Crippen LogP contribution >= 0.6 is 0 Å². The Hall–Kier alpha value is -2.06. The molecule has 124 valence electrons. The number of hydrogen-bond acceptors (Lipinski definition) is 1. The van der Waals surface area contributed by atoms with Gasteiger partial charge in [0.05, 0.1) is 0 Å². The Morgan fingerprint density at radius 1 is 1.04 bits per heavy atom. The Bertz CT molecular complexity index is 845. The Kier molecular flexibility index (Phi) is 4.15. The Labute approximate surface area is 144 Å². The zero-order chi connectivity index (χ0) is 16.5. The summed E-state index contributed by atoms with van der Waals surface area (Å²) in [7, 11) is 2.25. The molecule has 0 unspecified atom stereocenters. The highest BCUT2D eigenvalue weighted by Crippen LogP contribution is 2.31. The van der Waals surface area contributed by atoms with E-state index in [4.69, 9.17) is 0 Å². The van der Waals surface area contributed by atoms with Gasteiger partial charge in [-0.2, -0.15) is 0 Å². The molecule has 3 aromatic rings. The van der Waals surface area contributed by atoms with E-state index in [0.29, 0.717) is 0 Å². The van der Waals surface area contributed by atoms with Gasteiger partial charge in [0.25, 0.3) is 0 Å². The van der Waals surface area contributed by atoms with Gasteiger partial charge in [-0.05, 0) is 63.0 Å². The zero-order valence-corrected chi connectivity index (χ0v) is 14.8. The van der Waals surface area contributed by atoms with Crippen molar-refractivity contribution in [1.82, 2.24) is 9.47 Å². The summed E-state index contributed by atoms with van der Waals surface area (Å²) >= 11 is 0. The van der Waals surface area contributed by atoms with Crippen LogP contribution in [0.25, 0.3) is 10.9 Å². The highest BCUT2D eigenvalue weighted by atomic mass is 15.1. The molecule has 1 aromatic heterocycles. The van der Waals surface area contributed by atoms with Gasteiger partial charge in [0.1, 0.15) is 0 Å². The predicted molar refractivity (Wildman–Crippen MR) is 101 cm³/mol. The van der Waals surface area contributed by atoms with Crippen LogP contribution in [0.1, 0.15) is 28.8 Å². The summed E-state index contributed by atoms with van der Waals surface area (Å²) in [4.78, 5) is 2.47. The predicted octanol–water partition coefficient (Wildman–Crippen LogP) is 4.57. The van der Waals surface area contributed by atoms with Crippen molar-refractivity contribution in [3.05, 3.63) is 70.9 Å². The highest BCUT2D eigenvalue weighted by molar-refractivity contribution is 5.86. The lowest BCUT2D eigenvalue weighted by Crippen LogP contribution is -2.17. The lowest BCUT2D eigenvalue weighted by Gasteiger charge is -2.12. The first kappa shape index (κ1) is 15.5. The Balaban J connectivity index is 1.77. The SMILES string of the molecule is Cc1ccc2c(c1)c1c(n2CCc2ccccc2)CCCN(C)C1.